The third kappa shape index (κ3) is 5.19. The Balaban J connectivity index is 2.47. The molecule has 0 aliphatic heterocycles. The van der Waals surface area contributed by atoms with E-state index in [9.17, 15) is 5.11 Å². The maximum Gasteiger partial charge on any atom is 0.0916 e. The molecule has 0 amide bonds. The normalized spacial score (nSPS) is 12.9. The zero-order valence-electron chi connectivity index (χ0n) is 12.0. The van der Waals surface area contributed by atoms with Crippen LogP contribution in [0.15, 0.2) is 24.3 Å². The first-order valence-corrected chi connectivity index (χ1v) is 7.12. The van der Waals surface area contributed by atoms with Crippen molar-refractivity contribution in [2.24, 2.45) is 0 Å². The zero-order chi connectivity index (χ0) is 13.4. The zero-order valence-corrected chi connectivity index (χ0v) is 12.0. The summed E-state index contributed by atoms with van der Waals surface area (Å²) in [5.41, 5.74) is 2.38. The van der Waals surface area contributed by atoms with Gasteiger partial charge in [-0.05, 0) is 37.6 Å². The van der Waals surface area contributed by atoms with Crippen LogP contribution in [0.1, 0.15) is 50.3 Å². The highest BCUT2D eigenvalue weighted by atomic mass is 16.3. The minimum atomic E-state index is -0.373. The Kier molecular flexibility index (Phi) is 6.99. The molecule has 1 rings (SSSR count). The molecule has 1 aromatic carbocycles. The molecule has 18 heavy (non-hydrogen) atoms. The predicted octanol–water partition coefficient (Wildman–Crippen LogP) is 3.40. The van der Waals surface area contributed by atoms with Gasteiger partial charge in [-0.15, -0.1) is 0 Å². The van der Waals surface area contributed by atoms with Crippen LogP contribution in [0.3, 0.4) is 0 Å². The second-order valence-corrected chi connectivity index (χ2v) is 5.12. The minimum Gasteiger partial charge on any atom is -0.387 e. The van der Waals surface area contributed by atoms with E-state index in [1.165, 1.54) is 24.8 Å². The molecule has 1 atom stereocenters. The Bertz CT molecular complexity index is 320. The van der Waals surface area contributed by atoms with Gasteiger partial charge < -0.3 is 10.0 Å². The van der Waals surface area contributed by atoms with Gasteiger partial charge in [-0.3, -0.25) is 0 Å². The van der Waals surface area contributed by atoms with E-state index in [1.54, 1.807) is 0 Å². The monoisotopic (exact) mass is 249 g/mol. The van der Waals surface area contributed by atoms with Gasteiger partial charge in [-0.25, -0.2) is 0 Å². The van der Waals surface area contributed by atoms with E-state index < -0.39 is 0 Å². The van der Waals surface area contributed by atoms with Crippen LogP contribution in [-0.4, -0.2) is 30.1 Å². The van der Waals surface area contributed by atoms with E-state index in [0.717, 1.165) is 18.5 Å². The van der Waals surface area contributed by atoms with Crippen LogP contribution >= 0.6 is 0 Å². The largest absolute Gasteiger partial charge is 0.387 e. The Morgan fingerprint density at radius 2 is 1.78 bits per heavy atom. The first-order valence-electron chi connectivity index (χ1n) is 7.12. The molecule has 0 heterocycles. The van der Waals surface area contributed by atoms with E-state index in [1.807, 2.05) is 0 Å². The van der Waals surface area contributed by atoms with Crippen LogP contribution in [0, 0.1) is 0 Å². The van der Waals surface area contributed by atoms with Gasteiger partial charge in [-0.1, -0.05) is 51.0 Å². The molecule has 102 valence electrons. The summed E-state index contributed by atoms with van der Waals surface area (Å²) in [6.45, 7) is 6.15. The Hall–Kier alpha value is -0.860. The summed E-state index contributed by atoms with van der Waals surface area (Å²) in [6, 6.07) is 8.38. The molecule has 0 spiro atoms. The number of hydrogen-bond donors (Lipinski definition) is 1. The van der Waals surface area contributed by atoms with Crippen molar-refractivity contribution in [3.63, 3.8) is 0 Å². The van der Waals surface area contributed by atoms with E-state index in [0.29, 0.717) is 6.54 Å². The third-order valence-corrected chi connectivity index (χ3v) is 3.28. The molecular formula is C16H27NO. The Morgan fingerprint density at radius 3 is 2.33 bits per heavy atom. The molecule has 1 unspecified atom stereocenters. The third-order valence-electron chi connectivity index (χ3n) is 3.28. The highest BCUT2D eigenvalue weighted by molar-refractivity contribution is 5.24. The lowest BCUT2D eigenvalue weighted by Crippen LogP contribution is -2.25. The number of nitrogens with zero attached hydrogens (tertiary/aromatic N) is 1. The maximum absolute atomic E-state index is 10.2. The van der Waals surface area contributed by atoms with Crippen LogP contribution in [0.2, 0.25) is 0 Å². The Labute approximate surface area is 112 Å². The van der Waals surface area contributed by atoms with Crippen molar-refractivity contribution in [3.8, 4) is 0 Å². The lowest BCUT2D eigenvalue weighted by Gasteiger charge is -2.20. The van der Waals surface area contributed by atoms with E-state index in [2.05, 4.69) is 50.1 Å². The number of aliphatic hydroxyl groups is 1. The van der Waals surface area contributed by atoms with Crippen molar-refractivity contribution in [2.45, 2.75) is 45.6 Å². The van der Waals surface area contributed by atoms with Crippen LogP contribution in [-0.2, 0) is 6.42 Å². The summed E-state index contributed by atoms with van der Waals surface area (Å²) in [4.78, 5) is 2.20. The fourth-order valence-electron chi connectivity index (χ4n) is 2.12. The van der Waals surface area contributed by atoms with Crippen LogP contribution < -0.4 is 0 Å². The molecule has 1 aromatic rings. The summed E-state index contributed by atoms with van der Waals surface area (Å²) in [7, 11) is 2.07. The second-order valence-electron chi connectivity index (χ2n) is 5.12. The lowest BCUT2D eigenvalue weighted by molar-refractivity contribution is 0.126. The molecular weight excluding hydrogens is 222 g/mol. The number of rotatable bonds is 8. The SMILES string of the molecule is CCCCN(C)CC(O)c1ccc(CCC)cc1. The highest BCUT2D eigenvalue weighted by Gasteiger charge is 2.10. The fourth-order valence-corrected chi connectivity index (χ4v) is 2.12. The van der Waals surface area contributed by atoms with E-state index in [4.69, 9.17) is 0 Å². The van der Waals surface area contributed by atoms with E-state index in [-0.39, 0.29) is 6.10 Å². The number of benzene rings is 1. The van der Waals surface area contributed by atoms with Crippen molar-refractivity contribution in [1.82, 2.24) is 4.90 Å². The second kappa shape index (κ2) is 8.28. The van der Waals surface area contributed by atoms with E-state index >= 15 is 0 Å². The quantitative estimate of drug-likeness (QED) is 0.763. The summed E-state index contributed by atoms with van der Waals surface area (Å²) >= 11 is 0. The molecule has 0 saturated heterocycles. The van der Waals surface area contributed by atoms with Gasteiger partial charge in [0.25, 0.3) is 0 Å². The molecule has 2 nitrogen and oxygen atoms in total. The summed E-state index contributed by atoms with van der Waals surface area (Å²) in [5.74, 6) is 0. The molecule has 0 aromatic heterocycles. The van der Waals surface area contributed by atoms with Gasteiger partial charge in [-0.2, -0.15) is 0 Å². The van der Waals surface area contributed by atoms with Crippen molar-refractivity contribution < 1.29 is 5.11 Å². The summed E-state index contributed by atoms with van der Waals surface area (Å²) in [5, 5.41) is 10.2. The smallest absolute Gasteiger partial charge is 0.0916 e. The van der Waals surface area contributed by atoms with Gasteiger partial charge in [0.15, 0.2) is 0 Å². The first kappa shape index (κ1) is 15.2. The first-order chi connectivity index (χ1) is 8.67. The van der Waals surface area contributed by atoms with Gasteiger partial charge in [0.05, 0.1) is 6.10 Å². The Morgan fingerprint density at radius 1 is 1.11 bits per heavy atom. The van der Waals surface area contributed by atoms with Crippen molar-refractivity contribution in [1.29, 1.82) is 0 Å². The van der Waals surface area contributed by atoms with Gasteiger partial charge in [0, 0.05) is 6.54 Å². The molecule has 1 N–H and O–H groups in total. The summed E-state index contributed by atoms with van der Waals surface area (Å²) < 4.78 is 0. The van der Waals surface area contributed by atoms with Crippen molar-refractivity contribution >= 4 is 0 Å². The van der Waals surface area contributed by atoms with Gasteiger partial charge in [0.2, 0.25) is 0 Å². The number of likely N-dealkylation sites (N-methyl/N-ethyl adjacent to an activating group) is 1. The number of hydrogen-bond acceptors (Lipinski definition) is 2. The molecule has 0 radical (unpaired) electrons. The molecule has 2 heteroatoms. The standard InChI is InChI=1S/C16H27NO/c1-4-6-12-17(3)13-16(18)15-10-8-14(7-5-2)9-11-15/h8-11,16,18H,4-7,12-13H2,1-3H3. The fraction of sp³-hybridized carbons (Fsp3) is 0.625. The average molecular weight is 249 g/mol. The highest BCUT2D eigenvalue weighted by Crippen LogP contribution is 2.15. The topological polar surface area (TPSA) is 23.5 Å². The number of aliphatic hydroxyl groups excluding tert-OH is 1. The van der Waals surface area contributed by atoms with Crippen LogP contribution in [0.25, 0.3) is 0 Å². The molecule has 0 bridgehead atoms. The minimum absolute atomic E-state index is 0.373. The van der Waals surface area contributed by atoms with Crippen LogP contribution in [0.4, 0.5) is 0 Å². The number of unbranched alkanes of at least 4 members (excludes halogenated alkanes) is 1. The van der Waals surface area contributed by atoms with Crippen LogP contribution in [0.5, 0.6) is 0 Å². The predicted molar refractivity (Wildman–Crippen MR) is 77.8 cm³/mol. The van der Waals surface area contributed by atoms with Crippen molar-refractivity contribution in [2.75, 3.05) is 20.1 Å². The van der Waals surface area contributed by atoms with Crippen molar-refractivity contribution in [3.05, 3.63) is 35.4 Å². The maximum atomic E-state index is 10.2. The number of aryl methyl sites for hydroxylation is 1. The molecule has 0 saturated carbocycles. The lowest BCUT2D eigenvalue weighted by atomic mass is 10.0. The molecule has 0 aliphatic carbocycles. The van der Waals surface area contributed by atoms with Gasteiger partial charge >= 0.3 is 0 Å². The molecule has 0 fully saturated rings. The summed E-state index contributed by atoms with van der Waals surface area (Å²) in [6.07, 6.45) is 4.31. The average Bonchev–Trinajstić information content (AvgIpc) is 2.37. The molecule has 0 aliphatic rings. The van der Waals surface area contributed by atoms with Gasteiger partial charge in [0.1, 0.15) is 0 Å².